The van der Waals surface area contributed by atoms with Crippen LogP contribution in [0, 0.1) is 23.5 Å². The molecule has 1 heterocycles. The Labute approximate surface area is 161 Å². The first-order valence-electron chi connectivity index (χ1n) is 8.65. The standard InChI is InChI=1S/C21H19F2N3O2/c1-16(28-11-5-8-17-6-3-2-4-7-17)21(27,13-26-15-24-14-25-26)19-10-9-18(22)12-20(19)23/h2-4,6-7,9-10,12,14-16,27H,11,13H2,1H3/t16-,21-/m1/s1. The maximum absolute atomic E-state index is 14.4. The van der Waals surface area contributed by atoms with Crippen LogP contribution in [0.1, 0.15) is 18.1 Å². The first kappa shape index (κ1) is 19.7. The molecule has 28 heavy (non-hydrogen) atoms. The van der Waals surface area contributed by atoms with Crippen LogP contribution in [0.5, 0.6) is 0 Å². The van der Waals surface area contributed by atoms with Crippen LogP contribution < -0.4 is 0 Å². The minimum absolute atomic E-state index is 0.0263. The lowest BCUT2D eigenvalue weighted by molar-refractivity contribution is -0.111. The highest BCUT2D eigenvalue weighted by molar-refractivity contribution is 5.33. The molecule has 2 atom stereocenters. The second kappa shape index (κ2) is 8.74. The van der Waals surface area contributed by atoms with E-state index >= 15 is 0 Å². The van der Waals surface area contributed by atoms with Crippen molar-refractivity contribution in [2.45, 2.75) is 25.2 Å². The number of aromatic nitrogens is 3. The molecule has 0 aliphatic heterocycles. The molecular weight excluding hydrogens is 364 g/mol. The van der Waals surface area contributed by atoms with Gasteiger partial charge in [-0.2, -0.15) is 5.10 Å². The van der Waals surface area contributed by atoms with Crippen molar-refractivity contribution in [2.24, 2.45) is 0 Å². The van der Waals surface area contributed by atoms with Gasteiger partial charge in [0, 0.05) is 17.2 Å². The van der Waals surface area contributed by atoms with Crippen molar-refractivity contribution >= 4 is 0 Å². The lowest BCUT2D eigenvalue weighted by atomic mass is 9.88. The van der Waals surface area contributed by atoms with Gasteiger partial charge in [0.15, 0.2) is 0 Å². The largest absolute Gasteiger partial charge is 0.380 e. The highest BCUT2D eigenvalue weighted by atomic mass is 19.1. The minimum atomic E-state index is -1.81. The fourth-order valence-corrected chi connectivity index (χ4v) is 2.80. The van der Waals surface area contributed by atoms with E-state index in [2.05, 4.69) is 21.9 Å². The van der Waals surface area contributed by atoms with Gasteiger partial charge in [0.05, 0.1) is 12.6 Å². The van der Waals surface area contributed by atoms with Crippen molar-refractivity contribution in [3.63, 3.8) is 0 Å². The molecule has 0 aliphatic rings. The first-order valence-corrected chi connectivity index (χ1v) is 8.65. The molecule has 0 saturated carbocycles. The van der Waals surface area contributed by atoms with Crippen molar-refractivity contribution in [1.82, 2.24) is 14.8 Å². The molecule has 5 nitrogen and oxygen atoms in total. The van der Waals surface area contributed by atoms with E-state index in [4.69, 9.17) is 4.74 Å². The molecule has 1 aromatic heterocycles. The second-order valence-corrected chi connectivity index (χ2v) is 6.26. The molecule has 0 saturated heterocycles. The van der Waals surface area contributed by atoms with Gasteiger partial charge < -0.3 is 9.84 Å². The fourth-order valence-electron chi connectivity index (χ4n) is 2.80. The minimum Gasteiger partial charge on any atom is -0.380 e. The number of hydrogen-bond donors (Lipinski definition) is 1. The molecule has 0 amide bonds. The highest BCUT2D eigenvalue weighted by Gasteiger charge is 2.40. The average Bonchev–Trinajstić information content (AvgIpc) is 3.18. The van der Waals surface area contributed by atoms with Crippen LogP contribution in [-0.2, 0) is 16.9 Å². The summed E-state index contributed by atoms with van der Waals surface area (Å²) in [6.07, 6.45) is 1.84. The summed E-state index contributed by atoms with van der Waals surface area (Å²) in [5.74, 6) is 4.22. The van der Waals surface area contributed by atoms with Crippen molar-refractivity contribution in [2.75, 3.05) is 6.61 Å². The maximum Gasteiger partial charge on any atom is 0.138 e. The molecule has 0 fully saturated rings. The lowest BCUT2D eigenvalue weighted by Gasteiger charge is -2.34. The number of rotatable bonds is 6. The first-order chi connectivity index (χ1) is 13.5. The number of hydrogen-bond acceptors (Lipinski definition) is 4. The summed E-state index contributed by atoms with van der Waals surface area (Å²) < 4.78 is 34.8. The molecule has 0 unspecified atom stereocenters. The van der Waals surface area contributed by atoms with Gasteiger partial charge in [0.1, 0.15) is 36.5 Å². The number of nitrogens with zero attached hydrogens (tertiary/aromatic N) is 3. The fraction of sp³-hybridized carbons (Fsp3) is 0.238. The lowest BCUT2D eigenvalue weighted by Crippen LogP contribution is -2.44. The van der Waals surface area contributed by atoms with Crippen LogP contribution in [0.3, 0.4) is 0 Å². The molecule has 7 heteroatoms. The van der Waals surface area contributed by atoms with E-state index in [0.717, 1.165) is 17.7 Å². The SMILES string of the molecule is C[C@@H](OCC#Cc1ccccc1)[C@](O)(Cn1cncn1)c1ccc(F)cc1F. The van der Waals surface area contributed by atoms with Gasteiger partial charge in [-0.25, -0.2) is 18.4 Å². The third kappa shape index (κ3) is 4.60. The van der Waals surface area contributed by atoms with E-state index in [-0.39, 0.29) is 18.7 Å². The van der Waals surface area contributed by atoms with Gasteiger partial charge >= 0.3 is 0 Å². The Morgan fingerprint density at radius 1 is 1.21 bits per heavy atom. The van der Waals surface area contributed by atoms with Crippen LogP contribution >= 0.6 is 0 Å². The molecule has 144 valence electrons. The quantitative estimate of drug-likeness (QED) is 0.665. The Morgan fingerprint density at radius 2 is 2.00 bits per heavy atom. The van der Waals surface area contributed by atoms with E-state index in [1.165, 1.54) is 23.4 Å². The Kier molecular flexibility index (Phi) is 6.14. The van der Waals surface area contributed by atoms with Crippen LogP contribution in [0.25, 0.3) is 0 Å². The summed E-state index contributed by atoms with van der Waals surface area (Å²) in [5.41, 5.74) is -1.06. The monoisotopic (exact) mass is 383 g/mol. The molecule has 3 aromatic rings. The number of benzene rings is 2. The Bertz CT molecular complexity index is 968. The van der Waals surface area contributed by atoms with Gasteiger partial charge in [-0.1, -0.05) is 36.1 Å². The van der Waals surface area contributed by atoms with Gasteiger partial charge in [0.2, 0.25) is 0 Å². The predicted molar refractivity (Wildman–Crippen MR) is 99.0 cm³/mol. The summed E-state index contributed by atoms with van der Waals surface area (Å²) in [7, 11) is 0. The molecule has 1 N–H and O–H groups in total. The van der Waals surface area contributed by atoms with Gasteiger partial charge in [-0.05, 0) is 25.1 Å². The number of aliphatic hydroxyl groups is 1. The molecule has 0 bridgehead atoms. The summed E-state index contributed by atoms with van der Waals surface area (Å²) in [6.45, 7) is 1.51. The van der Waals surface area contributed by atoms with Gasteiger partial charge in [-0.15, -0.1) is 0 Å². The van der Waals surface area contributed by atoms with E-state index in [9.17, 15) is 13.9 Å². The van der Waals surface area contributed by atoms with Crippen LogP contribution in [0.2, 0.25) is 0 Å². The maximum atomic E-state index is 14.4. The zero-order valence-corrected chi connectivity index (χ0v) is 15.2. The molecule has 0 spiro atoms. The van der Waals surface area contributed by atoms with Crippen LogP contribution in [0.4, 0.5) is 8.78 Å². The van der Waals surface area contributed by atoms with Crippen molar-refractivity contribution in [3.8, 4) is 11.8 Å². The zero-order chi connectivity index (χ0) is 20.0. The summed E-state index contributed by atoms with van der Waals surface area (Å²) in [4.78, 5) is 3.83. The van der Waals surface area contributed by atoms with Gasteiger partial charge in [0.25, 0.3) is 0 Å². The summed E-state index contributed by atoms with van der Waals surface area (Å²) in [6, 6.07) is 12.4. The summed E-state index contributed by atoms with van der Waals surface area (Å²) in [5, 5.41) is 15.2. The smallest absolute Gasteiger partial charge is 0.138 e. The zero-order valence-electron chi connectivity index (χ0n) is 15.2. The van der Waals surface area contributed by atoms with E-state index in [1.807, 2.05) is 30.3 Å². The Morgan fingerprint density at radius 3 is 2.68 bits per heavy atom. The van der Waals surface area contributed by atoms with Gasteiger partial charge in [-0.3, -0.25) is 0 Å². The third-order valence-corrected chi connectivity index (χ3v) is 4.35. The normalized spacial score (nSPS) is 14.0. The number of halogens is 2. The third-order valence-electron chi connectivity index (χ3n) is 4.35. The molecule has 0 radical (unpaired) electrons. The predicted octanol–water partition coefficient (Wildman–Crippen LogP) is 2.90. The van der Waals surface area contributed by atoms with Crippen LogP contribution in [-0.4, -0.2) is 32.6 Å². The van der Waals surface area contributed by atoms with E-state index < -0.39 is 23.3 Å². The topological polar surface area (TPSA) is 60.2 Å². The highest BCUT2D eigenvalue weighted by Crippen LogP contribution is 2.31. The second-order valence-electron chi connectivity index (χ2n) is 6.26. The Balaban J connectivity index is 1.80. The number of ether oxygens (including phenoxy) is 1. The van der Waals surface area contributed by atoms with Crippen molar-refractivity contribution in [3.05, 3.63) is 83.9 Å². The van der Waals surface area contributed by atoms with E-state index in [1.54, 1.807) is 6.92 Å². The Hall–Kier alpha value is -3.08. The molecule has 3 rings (SSSR count). The molecule has 2 aromatic carbocycles. The molecule has 0 aliphatic carbocycles. The van der Waals surface area contributed by atoms with Crippen molar-refractivity contribution < 1.29 is 18.6 Å². The van der Waals surface area contributed by atoms with Crippen molar-refractivity contribution in [1.29, 1.82) is 0 Å². The summed E-state index contributed by atoms with van der Waals surface area (Å²) >= 11 is 0. The van der Waals surface area contributed by atoms with E-state index in [0.29, 0.717) is 0 Å². The molecular formula is C21H19F2N3O2. The average molecular weight is 383 g/mol. The van der Waals surface area contributed by atoms with Crippen LogP contribution in [0.15, 0.2) is 61.2 Å².